The molecule has 0 saturated carbocycles. The predicted molar refractivity (Wildman–Crippen MR) is 125 cm³/mol. The zero-order valence-electron chi connectivity index (χ0n) is 17.6. The third-order valence-electron chi connectivity index (χ3n) is 4.75. The first-order valence-electron chi connectivity index (χ1n) is 10.4. The molecule has 1 amide bonds. The summed E-state index contributed by atoms with van der Waals surface area (Å²) < 4.78 is 7.89. The summed E-state index contributed by atoms with van der Waals surface area (Å²) in [6.45, 7) is 1.41. The molecule has 0 radical (unpaired) electrons. The van der Waals surface area contributed by atoms with Crippen LogP contribution >= 0.6 is 11.8 Å². The lowest BCUT2D eigenvalue weighted by Gasteiger charge is -2.11. The van der Waals surface area contributed by atoms with Crippen molar-refractivity contribution in [3.63, 3.8) is 0 Å². The number of rotatable bonds is 10. The van der Waals surface area contributed by atoms with Gasteiger partial charge in [0.25, 0.3) is 0 Å². The number of carbonyl (C=O) groups excluding carboxylic acids is 1. The van der Waals surface area contributed by atoms with Crippen molar-refractivity contribution in [1.82, 2.24) is 20.1 Å². The lowest BCUT2D eigenvalue weighted by atomic mass is 10.2. The molecular formula is C25H24N4O2S. The van der Waals surface area contributed by atoms with Crippen LogP contribution in [-0.4, -0.2) is 26.4 Å². The van der Waals surface area contributed by atoms with Gasteiger partial charge < -0.3 is 10.1 Å². The van der Waals surface area contributed by atoms with E-state index in [-0.39, 0.29) is 11.7 Å². The summed E-state index contributed by atoms with van der Waals surface area (Å²) in [4.78, 5) is 12.4. The SMILES string of the molecule is O=C(CSc1nnc(COc2ccccc2)n1Cc1ccccc1)NCc1ccccc1. The van der Waals surface area contributed by atoms with Gasteiger partial charge in [-0.2, -0.15) is 0 Å². The van der Waals surface area contributed by atoms with Crippen molar-refractivity contribution in [3.05, 3.63) is 108 Å². The smallest absolute Gasteiger partial charge is 0.230 e. The van der Waals surface area contributed by atoms with Gasteiger partial charge in [-0.25, -0.2) is 0 Å². The molecule has 0 atom stereocenters. The fourth-order valence-electron chi connectivity index (χ4n) is 3.10. The molecule has 3 aromatic carbocycles. The number of thioether (sulfide) groups is 1. The number of carbonyl (C=O) groups is 1. The van der Waals surface area contributed by atoms with Gasteiger partial charge in [0.2, 0.25) is 5.91 Å². The van der Waals surface area contributed by atoms with Crippen LogP contribution in [0.15, 0.2) is 96.2 Å². The zero-order chi connectivity index (χ0) is 22.0. The number of amides is 1. The van der Waals surface area contributed by atoms with Crippen molar-refractivity contribution in [1.29, 1.82) is 0 Å². The molecule has 1 aromatic heterocycles. The Morgan fingerprint density at radius 1 is 0.844 bits per heavy atom. The van der Waals surface area contributed by atoms with Crippen LogP contribution in [0, 0.1) is 0 Å². The van der Waals surface area contributed by atoms with E-state index in [4.69, 9.17) is 4.74 Å². The zero-order valence-corrected chi connectivity index (χ0v) is 18.4. The number of hydrogen-bond donors (Lipinski definition) is 1. The van der Waals surface area contributed by atoms with Crippen LogP contribution in [0.5, 0.6) is 5.75 Å². The van der Waals surface area contributed by atoms with Crippen molar-refractivity contribution in [2.24, 2.45) is 0 Å². The molecular weight excluding hydrogens is 420 g/mol. The van der Waals surface area contributed by atoms with Gasteiger partial charge in [0.05, 0.1) is 12.3 Å². The van der Waals surface area contributed by atoms with E-state index in [0.29, 0.717) is 30.7 Å². The van der Waals surface area contributed by atoms with E-state index in [1.165, 1.54) is 11.8 Å². The summed E-state index contributed by atoms with van der Waals surface area (Å²) in [5, 5.41) is 12.3. The van der Waals surface area contributed by atoms with E-state index in [1.54, 1.807) is 0 Å². The van der Waals surface area contributed by atoms with Gasteiger partial charge in [-0.3, -0.25) is 9.36 Å². The van der Waals surface area contributed by atoms with Crippen molar-refractivity contribution in [3.8, 4) is 5.75 Å². The van der Waals surface area contributed by atoms with Crippen LogP contribution < -0.4 is 10.1 Å². The number of para-hydroxylation sites is 1. The van der Waals surface area contributed by atoms with Crippen molar-refractivity contribution >= 4 is 17.7 Å². The van der Waals surface area contributed by atoms with Gasteiger partial charge in [0.1, 0.15) is 12.4 Å². The first-order valence-corrected chi connectivity index (χ1v) is 11.3. The Bertz CT molecular complexity index is 1120. The molecule has 32 heavy (non-hydrogen) atoms. The minimum atomic E-state index is -0.0461. The molecule has 4 aromatic rings. The molecule has 0 aliphatic rings. The van der Waals surface area contributed by atoms with Crippen LogP contribution in [0.2, 0.25) is 0 Å². The summed E-state index contributed by atoms with van der Waals surface area (Å²) in [6.07, 6.45) is 0. The molecule has 7 heteroatoms. The molecule has 1 heterocycles. The highest BCUT2D eigenvalue weighted by atomic mass is 32.2. The Balaban J connectivity index is 1.41. The van der Waals surface area contributed by atoms with E-state index >= 15 is 0 Å². The van der Waals surface area contributed by atoms with Crippen LogP contribution in [0.1, 0.15) is 17.0 Å². The standard InChI is InChI=1S/C25H24N4O2S/c30-24(26-16-20-10-4-1-5-11-20)19-32-25-28-27-23(18-31-22-14-8-3-9-15-22)29(25)17-21-12-6-2-7-13-21/h1-15H,16-19H2,(H,26,30). The Morgan fingerprint density at radius 3 is 2.16 bits per heavy atom. The van der Waals surface area contributed by atoms with E-state index in [9.17, 15) is 4.79 Å². The van der Waals surface area contributed by atoms with Crippen LogP contribution in [0.3, 0.4) is 0 Å². The lowest BCUT2D eigenvalue weighted by molar-refractivity contribution is -0.118. The highest BCUT2D eigenvalue weighted by Gasteiger charge is 2.15. The number of hydrogen-bond acceptors (Lipinski definition) is 5. The number of aromatic nitrogens is 3. The monoisotopic (exact) mass is 444 g/mol. The lowest BCUT2D eigenvalue weighted by Crippen LogP contribution is -2.24. The largest absolute Gasteiger partial charge is 0.486 e. The minimum Gasteiger partial charge on any atom is -0.486 e. The molecule has 1 N–H and O–H groups in total. The summed E-state index contributed by atoms with van der Waals surface area (Å²) >= 11 is 1.37. The molecule has 0 saturated heterocycles. The highest BCUT2D eigenvalue weighted by molar-refractivity contribution is 7.99. The fraction of sp³-hybridized carbons (Fsp3) is 0.160. The predicted octanol–water partition coefficient (Wildman–Crippen LogP) is 4.31. The molecule has 0 fully saturated rings. The molecule has 0 aliphatic carbocycles. The summed E-state index contributed by atoms with van der Waals surface area (Å²) in [6, 6.07) is 29.6. The molecule has 0 bridgehead atoms. The third kappa shape index (κ3) is 6.21. The summed E-state index contributed by atoms with van der Waals surface area (Å²) in [5.41, 5.74) is 2.20. The van der Waals surface area contributed by atoms with Gasteiger partial charge in [0.15, 0.2) is 11.0 Å². The van der Waals surface area contributed by atoms with Gasteiger partial charge >= 0.3 is 0 Å². The average Bonchev–Trinajstić information content (AvgIpc) is 3.23. The molecule has 162 valence electrons. The quantitative estimate of drug-likeness (QED) is 0.369. The van der Waals surface area contributed by atoms with Crippen molar-refractivity contribution < 1.29 is 9.53 Å². The first-order chi connectivity index (χ1) is 15.8. The van der Waals surface area contributed by atoms with Gasteiger partial charge in [-0.1, -0.05) is 90.6 Å². The third-order valence-corrected chi connectivity index (χ3v) is 5.72. The van der Waals surface area contributed by atoms with Crippen molar-refractivity contribution in [2.45, 2.75) is 24.9 Å². The maximum atomic E-state index is 12.4. The Labute approximate surface area is 191 Å². The van der Waals surface area contributed by atoms with Crippen LogP contribution in [0.4, 0.5) is 0 Å². The maximum absolute atomic E-state index is 12.4. The van der Waals surface area contributed by atoms with E-state index in [1.807, 2.05) is 83.4 Å². The first kappa shape index (κ1) is 21.6. The molecule has 0 spiro atoms. The average molecular weight is 445 g/mol. The van der Waals surface area contributed by atoms with Gasteiger partial charge in [-0.05, 0) is 23.3 Å². The van der Waals surface area contributed by atoms with Crippen LogP contribution in [-0.2, 0) is 24.5 Å². The topological polar surface area (TPSA) is 69.0 Å². The number of ether oxygens (including phenoxy) is 1. The summed E-state index contributed by atoms with van der Waals surface area (Å²) in [7, 11) is 0. The Morgan fingerprint density at radius 2 is 1.47 bits per heavy atom. The fourth-order valence-corrected chi connectivity index (χ4v) is 3.89. The van der Waals surface area contributed by atoms with Crippen LogP contribution in [0.25, 0.3) is 0 Å². The molecule has 6 nitrogen and oxygen atoms in total. The normalized spacial score (nSPS) is 10.6. The Hall–Kier alpha value is -3.58. The molecule has 0 unspecified atom stereocenters. The molecule has 4 rings (SSSR count). The maximum Gasteiger partial charge on any atom is 0.230 e. The number of benzene rings is 3. The highest BCUT2D eigenvalue weighted by Crippen LogP contribution is 2.20. The number of nitrogens with zero attached hydrogens (tertiary/aromatic N) is 3. The van der Waals surface area contributed by atoms with Gasteiger partial charge in [0, 0.05) is 6.54 Å². The number of nitrogens with one attached hydrogen (secondary N) is 1. The van der Waals surface area contributed by atoms with Crippen molar-refractivity contribution in [2.75, 3.05) is 5.75 Å². The second-order valence-electron chi connectivity index (χ2n) is 7.12. The second-order valence-corrected chi connectivity index (χ2v) is 8.07. The molecule has 0 aliphatic heterocycles. The van der Waals surface area contributed by atoms with E-state index in [2.05, 4.69) is 27.6 Å². The minimum absolute atomic E-state index is 0.0461. The Kier molecular flexibility index (Phi) is 7.55. The second kappa shape index (κ2) is 11.2. The van der Waals surface area contributed by atoms with E-state index < -0.39 is 0 Å². The summed E-state index contributed by atoms with van der Waals surface area (Å²) in [5.74, 6) is 1.70. The van der Waals surface area contributed by atoms with Gasteiger partial charge in [-0.15, -0.1) is 10.2 Å². The van der Waals surface area contributed by atoms with E-state index in [0.717, 1.165) is 16.9 Å².